The Morgan fingerprint density at radius 1 is 0.758 bits per heavy atom. The van der Waals surface area contributed by atoms with E-state index in [9.17, 15) is 22.8 Å². The molecule has 0 aliphatic heterocycles. The van der Waals surface area contributed by atoms with Crippen LogP contribution in [0.2, 0.25) is 0 Å². The molecule has 2 aromatic carbocycles. The van der Waals surface area contributed by atoms with Crippen LogP contribution >= 0.6 is 0 Å². The number of halogens is 3. The van der Waals surface area contributed by atoms with Crippen molar-refractivity contribution in [2.24, 2.45) is 7.05 Å². The number of ketones is 2. The first-order valence-corrected chi connectivity index (χ1v) is 11.0. The first-order valence-electron chi connectivity index (χ1n) is 9.55. The average molecular weight is 479 g/mol. The number of carbonyl (C=O) groups excluding carboxylic acids is 2. The molecule has 3 rings (SSSR count). The van der Waals surface area contributed by atoms with Gasteiger partial charge in [-0.05, 0) is 6.07 Å². The Labute approximate surface area is 189 Å². The van der Waals surface area contributed by atoms with Gasteiger partial charge in [-0.2, -0.15) is 13.2 Å². The number of nitrogens with zero attached hydrogens (tertiary/aromatic N) is 1. The summed E-state index contributed by atoms with van der Waals surface area (Å²) in [4.78, 5) is 24.9. The van der Waals surface area contributed by atoms with Gasteiger partial charge < -0.3 is 4.55 Å². The molecule has 3 aromatic rings. The standard InChI is InChI=1S/C22H20NO2.CHF3O3S/c1-23-19(15-21(24)17-9-4-2-5-10-17)13-8-14-20(23)16-22(25)18-11-6-3-7-12-18;2-1(3,4)8(5,6)7/h2-14H,15-16H2,1H3;(H,5,6,7)/q+1;/p-1. The fourth-order valence-corrected chi connectivity index (χ4v) is 2.81. The summed E-state index contributed by atoms with van der Waals surface area (Å²) < 4.78 is 60.8. The number of rotatable bonds is 6. The maximum absolute atomic E-state index is 12.4. The van der Waals surface area contributed by atoms with Crippen LogP contribution in [0.4, 0.5) is 13.2 Å². The third kappa shape index (κ3) is 7.62. The molecule has 6 nitrogen and oxygen atoms in total. The summed E-state index contributed by atoms with van der Waals surface area (Å²) in [5, 5.41) is 0. The van der Waals surface area contributed by atoms with Crippen LogP contribution in [0.3, 0.4) is 0 Å². The van der Waals surface area contributed by atoms with Crippen molar-refractivity contribution in [1.82, 2.24) is 0 Å². The van der Waals surface area contributed by atoms with Gasteiger partial charge >= 0.3 is 5.51 Å². The van der Waals surface area contributed by atoms with Crippen LogP contribution in [0, 0.1) is 0 Å². The highest BCUT2D eigenvalue weighted by molar-refractivity contribution is 7.86. The van der Waals surface area contributed by atoms with Gasteiger partial charge in [-0.25, -0.2) is 13.0 Å². The normalized spacial score (nSPS) is 11.3. The molecule has 0 aliphatic rings. The monoisotopic (exact) mass is 479 g/mol. The van der Waals surface area contributed by atoms with Gasteiger partial charge in [0.1, 0.15) is 7.05 Å². The van der Waals surface area contributed by atoms with Crippen molar-refractivity contribution in [3.05, 3.63) is 101 Å². The Morgan fingerprint density at radius 2 is 1.09 bits per heavy atom. The maximum Gasteiger partial charge on any atom is 0.485 e. The molecule has 10 heteroatoms. The van der Waals surface area contributed by atoms with E-state index in [4.69, 9.17) is 13.0 Å². The SMILES string of the molecule is C[n+]1c(CC(=O)c2ccccc2)cccc1CC(=O)c1ccccc1.O=S(=O)([O-])C(F)(F)F. The van der Waals surface area contributed by atoms with E-state index in [1.54, 1.807) is 0 Å². The average Bonchev–Trinajstić information content (AvgIpc) is 2.76. The quantitative estimate of drug-likeness (QED) is 0.234. The van der Waals surface area contributed by atoms with E-state index < -0.39 is 15.6 Å². The highest BCUT2D eigenvalue weighted by Gasteiger charge is 2.36. The lowest BCUT2D eigenvalue weighted by molar-refractivity contribution is -0.685. The predicted molar refractivity (Wildman–Crippen MR) is 112 cm³/mol. The van der Waals surface area contributed by atoms with E-state index in [1.165, 1.54) is 0 Å². The van der Waals surface area contributed by atoms with Crippen LogP contribution < -0.4 is 4.57 Å². The van der Waals surface area contributed by atoms with Crippen molar-refractivity contribution in [1.29, 1.82) is 0 Å². The van der Waals surface area contributed by atoms with Crippen molar-refractivity contribution in [3.8, 4) is 0 Å². The molecule has 1 heterocycles. The topological polar surface area (TPSA) is 95.2 Å². The van der Waals surface area contributed by atoms with Crippen molar-refractivity contribution >= 4 is 21.7 Å². The molecular weight excluding hydrogens is 459 g/mol. The van der Waals surface area contributed by atoms with Crippen LogP contribution in [-0.4, -0.2) is 30.0 Å². The van der Waals surface area contributed by atoms with Crippen LogP contribution in [0.5, 0.6) is 0 Å². The molecular formula is C23H20F3NO5S. The molecule has 0 radical (unpaired) electrons. The molecule has 0 saturated carbocycles. The molecule has 0 N–H and O–H groups in total. The van der Waals surface area contributed by atoms with Crippen molar-refractivity contribution < 1.29 is 40.3 Å². The van der Waals surface area contributed by atoms with Crippen LogP contribution in [-0.2, 0) is 30.0 Å². The van der Waals surface area contributed by atoms with Crippen LogP contribution in [0.1, 0.15) is 32.1 Å². The van der Waals surface area contributed by atoms with Gasteiger partial charge in [0, 0.05) is 23.3 Å². The highest BCUT2D eigenvalue weighted by atomic mass is 32.2. The molecule has 0 amide bonds. The van der Waals surface area contributed by atoms with Crippen molar-refractivity contribution in [2.75, 3.05) is 0 Å². The van der Waals surface area contributed by atoms with Crippen molar-refractivity contribution in [3.63, 3.8) is 0 Å². The van der Waals surface area contributed by atoms with Gasteiger partial charge in [0.2, 0.25) is 0 Å². The number of benzene rings is 2. The Balaban J connectivity index is 0.000000414. The predicted octanol–water partition coefficient (Wildman–Crippen LogP) is 3.41. The summed E-state index contributed by atoms with van der Waals surface area (Å²) in [5.41, 5.74) is -2.45. The van der Waals surface area contributed by atoms with Crippen LogP contribution in [0.15, 0.2) is 78.9 Å². The summed E-state index contributed by atoms with van der Waals surface area (Å²) in [5.74, 6) is 0.144. The third-order valence-electron chi connectivity index (χ3n) is 4.60. The zero-order valence-corrected chi connectivity index (χ0v) is 18.3. The first-order chi connectivity index (χ1) is 15.4. The molecule has 0 unspecified atom stereocenters. The summed E-state index contributed by atoms with van der Waals surface area (Å²) in [6.45, 7) is 0. The van der Waals surface area contributed by atoms with Gasteiger partial charge in [0.25, 0.3) is 0 Å². The Kier molecular flexibility index (Phi) is 8.61. The smallest absolute Gasteiger partial charge is 0.485 e. The number of alkyl halides is 3. The summed E-state index contributed by atoms with van der Waals surface area (Å²) >= 11 is 0. The van der Waals surface area contributed by atoms with E-state index >= 15 is 0 Å². The minimum absolute atomic E-state index is 0.0720. The number of Topliss-reactive ketones (excluding diaryl/α,β-unsaturated/α-hetero) is 2. The number of carbonyl (C=O) groups is 2. The fourth-order valence-electron chi connectivity index (χ4n) is 2.81. The zero-order valence-electron chi connectivity index (χ0n) is 17.5. The molecule has 33 heavy (non-hydrogen) atoms. The molecule has 0 fully saturated rings. The Morgan fingerprint density at radius 3 is 1.39 bits per heavy atom. The van der Waals surface area contributed by atoms with Gasteiger partial charge in [-0.15, -0.1) is 0 Å². The van der Waals surface area contributed by atoms with E-state index in [-0.39, 0.29) is 11.6 Å². The molecule has 0 bridgehead atoms. The van der Waals surface area contributed by atoms with E-state index in [2.05, 4.69) is 0 Å². The third-order valence-corrected chi connectivity index (χ3v) is 5.16. The van der Waals surface area contributed by atoms with E-state index in [0.29, 0.717) is 24.0 Å². The van der Waals surface area contributed by atoms with Crippen molar-refractivity contribution in [2.45, 2.75) is 18.3 Å². The molecule has 0 aliphatic carbocycles. The largest absolute Gasteiger partial charge is 0.741 e. The second-order valence-electron chi connectivity index (χ2n) is 6.90. The number of hydrogen-bond acceptors (Lipinski definition) is 5. The number of hydrogen-bond donors (Lipinski definition) is 0. The molecule has 0 saturated heterocycles. The number of pyridine rings is 1. The maximum atomic E-state index is 12.4. The van der Waals surface area contributed by atoms with Gasteiger partial charge in [-0.3, -0.25) is 9.59 Å². The molecule has 0 spiro atoms. The second kappa shape index (κ2) is 11.0. The first kappa shape index (κ1) is 25.9. The van der Waals surface area contributed by atoms with Gasteiger partial charge in [-0.1, -0.05) is 60.7 Å². The molecule has 1 aromatic heterocycles. The lowest BCUT2D eigenvalue weighted by Crippen LogP contribution is -2.40. The zero-order chi connectivity index (χ0) is 24.6. The highest BCUT2D eigenvalue weighted by Crippen LogP contribution is 2.20. The minimum atomic E-state index is -6.09. The minimum Gasteiger partial charge on any atom is -0.741 e. The number of aromatic nitrogens is 1. The lowest BCUT2D eigenvalue weighted by atomic mass is 10.0. The molecule has 174 valence electrons. The summed E-state index contributed by atoms with van der Waals surface area (Å²) in [6.07, 6.45) is 0.627. The fraction of sp³-hybridized carbons (Fsp3) is 0.174. The van der Waals surface area contributed by atoms with Crippen LogP contribution in [0.25, 0.3) is 0 Å². The lowest BCUT2D eigenvalue weighted by Gasteiger charge is -2.08. The molecule has 0 atom stereocenters. The van der Waals surface area contributed by atoms with Gasteiger partial charge in [0.05, 0.1) is 12.8 Å². The Hall–Kier alpha value is -3.37. The van der Waals surface area contributed by atoms with E-state index in [0.717, 1.165) is 11.4 Å². The second-order valence-corrected chi connectivity index (χ2v) is 8.27. The Bertz CT molecular complexity index is 1140. The summed E-state index contributed by atoms with van der Waals surface area (Å²) in [7, 11) is -4.19. The van der Waals surface area contributed by atoms with Gasteiger partial charge in [0.15, 0.2) is 33.1 Å². The summed E-state index contributed by atoms with van der Waals surface area (Å²) in [6, 6.07) is 24.3. The van der Waals surface area contributed by atoms with E-state index in [1.807, 2.05) is 90.5 Å².